The Labute approximate surface area is 189 Å². The lowest BCUT2D eigenvalue weighted by Crippen LogP contribution is -2.35. The maximum Gasteiger partial charge on any atom is 0.243 e. The number of amides is 1. The van der Waals surface area contributed by atoms with Crippen LogP contribution in [-0.2, 0) is 21.2 Å². The molecule has 1 N–H and O–H groups in total. The van der Waals surface area contributed by atoms with Gasteiger partial charge in [-0.05, 0) is 47.4 Å². The predicted octanol–water partition coefficient (Wildman–Crippen LogP) is 4.26. The number of nitrogens with zero attached hydrogens (tertiary/aromatic N) is 2. The fraction of sp³-hybridized carbons (Fsp3) is 0.320. The lowest BCUT2D eigenvalue weighted by atomic mass is 10.0. The number of carbonyl (C=O) groups is 1. The summed E-state index contributed by atoms with van der Waals surface area (Å²) in [4.78, 5) is 15.1. The average Bonchev–Trinajstić information content (AvgIpc) is 2.79. The molecule has 1 heterocycles. The highest BCUT2D eigenvalue weighted by Crippen LogP contribution is 2.30. The van der Waals surface area contributed by atoms with Crippen LogP contribution in [0.25, 0.3) is 10.8 Å². The highest BCUT2D eigenvalue weighted by Gasteiger charge is 2.27. The molecule has 1 saturated heterocycles. The summed E-state index contributed by atoms with van der Waals surface area (Å²) in [5.41, 5.74) is 2.19. The van der Waals surface area contributed by atoms with Crippen molar-refractivity contribution in [3.05, 3.63) is 66.2 Å². The third-order valence-corrected chi connectivity index (χ3v) is 7.80. The molecule has 32 heavy (non-hydrogen) atoms. The molecular formula is C25H29N3O3S. The fourth-order valence-electron chi connectivity index (χ4n) is 4.23. The molecule has 1 aliphatic rings. The molecule has 4 rings (SSSR count). The van der Waals surface area contributed by atoms with Gasteiger partial charge in [0.15, 0.2) is 0 Å². The number of fused-ring (bicyclic) bond motifs is 1. The molecule has 0 bridgehead atoms. The van der Waals surface area contributed by atoms with Crippen LogP contribution in [0.5, 0.6) is 0 Å². The molecule has 0 atom stereocenters. The number of carbonyl (C=O) groups excluding carboxylic acids is 1. The monoisotopic (exact) mass is 451 g/mol. The Morgan fingerprint density at radius 1 is 0.969 bits per heavy atom. The van der Waals surface area contributed by atoms with Crippen molar-refractivity contribution in [3.8, 4) is 0 Å². The summed E-state index contributed by atoms with van der Waals surface area (Å²) in [5, 5.41) is 5.08. The Kier molecular flexibility index (Phi) is 6.48. The van der Waals surface area contributed by atoms with E-state index in [4.69, 9.17) is 0 Å². The van der Waals surface area contributed by atoms with E-state index in [1.54, 1.807) is 22.5 Å². The molecule has 168 valence electrons. The molecule has 6 nitrogen and oxygen atoms in total. The van der Waals surface area contributed by atoms with E-state index in [0.717, 1.165) is 41.3 Å². The van der Waals surface area contributed by atoms with Gasteiger partial charge in [0.25, 0.3) is 0 Å². The first kappa shape index (κ1) is 22.3. The van der Waals surface area contributed by atoms with Gasteiger partial charge in [0, 0.05) is 27.2 Å². The van der Waals surface area contributed by atoms with E-state index < -0.39 is 10.0 Å². The van der Waals surface area contributed by atoms with Crippen LogP contribution in [0.15, 0.2) is 65.6 Å². The molecule has 0 unspecified atom stereocenters. The molecule has 0 aliphatic carbocycles. The zero-order valence-electron chi connectivity index (χ0n) is 18.5. The van der Waals surface area contributed by atoms with E-state index >= 15 is 0 Å². The molecule has 1 fully saturated rings. The van der Waals surface area contributed by atoms with Crippen molar-refractivity contribution in [1.82, 2.24) is 4.31 Å². The van der Waals surface area contributed by atoms with Gasteiger partial charge in [0.1, 0.15) is 0 Å². The topological polar surface area (TPSA) is 69.7 Å². The summed E-state index contributed by atoms with van der Waals surface area (Å²) in [6.45, 7) is 1.08. The minimum absolute atomic E-state index is 0.183. The van der Waals surface area contributed by atoms with Crippen LogP contribution >= 0.6 is 0 Å². The molecule has 7 heteroatoms. The normalized spacial score (nSPS) is 14.9. The SMILES string of the molecule is CN(C)c1ccc(S(=O)(=O)N2CCCCC2)cc1NC(=O)Cc1cccc2ccccc12. The molecule has 3 aromatic rings. The van der Waals surface area contributed by atoms with Crippen LogP contribution < -0.4 is 10.2 Å². The molecule has 1 amide bonds. The first-order valence-electron chi connectivity index (χ1n) is 10.9. The highest BCUT2D eigenvalue weighted by molar-refractivity contribution is 7.89. The summed E-state index contributed by atoms with van der Waals surface area (Å²) in [7, 11) is 0.152. The van der Waals surface area contributed by atoms with Gasteiger partial charge in [-0.1, -0.05) is 48.9 Å². The van der Waals surface area contributed by atoms with Crippen LogP contribution in [0, 0.1) is 0 Å². The van der Waals surface area contributed by atoms with Crippen LogP contribution in [0.4, 0.5) is 11.4 Å². The third-order valence-electron chi connectivity index (χ3n) is 5.91. The van der Waals surface area contributed by atoms with Gasteiger partial charge in [-0.15, -0.1) is 0 Å². The predicted molar refractivity (Wildman–Crippen MR) is 130 cm³/mol. The molecule has 0 saturated carbocycles. The smallest absolute Gasteiger partial charge is 0.243 e. The number of piperidine rings is 1. The molecule has 3 aromatic carbocycles. The first-order valence-corrected chi connectivity index (χ1v) is 12.4. The lowest BCUT2D eigenvalue weighted by Gasteiger charge is -2.26. The van der Waals surface area contributed by atoms with Crippen molar-refractivity contribution < 1.29 is 13.2 Å². The van der Waals surface area contributed by atoms with Crippen LogP contribution in [0.3, 0.4) is 0 Å². The van der Waals surface area contributed by atoms with Crippen LogP contribution in [0.1, 0.15) is 24.8 Å². The van der Waals surface area contributed by atoms with E-state index in [1.165, 1.54) is 0 Å². The van der Waals surface area contributed by atoms with E-state index in [0.29, 0.717) is 18.8 Å². The van der Waals surface area contributed by atoms with E-state index in [1.807, 2.05) is 61.5 Å². The Morgan fingerprint density at radius 3 is 2.44 bits per heavy atom. The number of hydrogen-bond acceptors (Lipinski definition) is 4. The van der Waals surface area contributed by atoms with E-state index in [9.17, 15) is 13.2 Å². The van der Waals surface area contributed by atoms with Gasteiger partial charge in [0.2, 0.25) is 15.9 Å². The van der Waals surface area contributed by atoms with Gasteiger partial charge < -0.3 is 10.2 Å². The number of nitrogens with one attached hydrogen (secondary N) is 1. The standard InChI is InChI=1S/C25H29N3O3S/c1-27(2)24-14-13-21(32(30,31)28-15-6-3-7-16-28)18-23(24)26-25(29)17-20-11-8-10-19-9-4-5-12-22(19)20/h4-5,8-14,18H,3,6-7,15-17H2,1-2H3,(H,26,29). The van der Waals surface area contributed by atoms with Crippen molar-refractivity contribution in [1.29, 1.82) is 0 Å². The maximum absolute atomic E-state index is 13.1. The number of anilines is 2. The fourth-order valence-corrected chi connectivity index (χ4v) is 5.78. The summed E-state index contributed by atoms with van der Waals surface area (Å²) >= 11 is 0. The van der Waals surface area contributed by atoms with Crippen molar-refractivity contribution in [2.75, 3.05) is 37.4 Å². The largest absolute Gasteiger partial charge is 0.376 e. The zero-order chi connectivity index (χ0) is 22.7. The molecule has 0 radical (unpaired) electrons. The second kappa shape index (κ2) is 9.30. The number of sulfonamides is 1. The Balaban J connectivity index is 1.61. The van der Waals surface area contributed by atoms with Gasteiger partial charge in [-0.2, -0.15) is 4.31 Å². The summed E-state index contributed by atoms with van der Waals surface area (Å²) < 4.78 is 27.8. The second-order valence-electron chi connectivity index (χ2n) is 8.40. The van der Waals surface area contributed by atoms with Crippen molar-refractivity contribution in [2.45, 2.75) is 30.6 Å². The van der Waals surface area contributed by atoms with E-state index in [2.05, 4.69) is 5.32 Å². The van der Waals surface area contributed by atoms with Gasteiger partial charge >= 0.3 is 0 Å². The summed E-state index contributed by atoms with van der Waals surface area (Å²) in [6.07, 6.45) is 3.02. The number of hydrogen-bond donors (Lipinski definition) is 1. The Bertz CT molecular complexity index is 1230. The Morgan fingerprint density at radius 2 is 1.69 bits per heavy atom. The van der Waals surface area contributed by atoms with Gasteiger partial charge in [0.05, 0.1) is 22.7 Å². The maximum atomic E-state index is 13.1. The molecule has 0 spiro atoms. The molecule has 0 aromatic heterocycles. The quantitative estimate of drug-likeness (QED) is 0.608. The lowest BCUT2D eigenvalue weighted by molar-refractivity contribution is -0.115. The van der Waals surface area contributed by atoms with Crippen molar-refractivity contribution in [3.63, 3.8) is 0 Å². The van der Waals surface area contributed by atoms with E-state index in [-0.39, 0.29) is 17.2 Å². The number of rotatable bonds is 6. The molecular weight excluding hydrogens is 422 g/mol. The van der Waals surface area contributed by atoms with Gasteiger partial charge in [-0.25, -0.2) is 8.42 Å². The Hall–Kier alpha value is -2.90. The summed E-state index contributed by atoms with van der Waals surface area (Å²) in [5.74, 6) is -0.183. The first-order chi connectivity index (χ1) is 15.4. The van der Waals surface area contributed by atoms with Gasteiger partial charge in [-0.3, -0.25) is 4.79 Å². The number of benzene rings is 3. The third kappa shape index (κ3) is 4.64. The summed E-state index contributed by atoms with van der Waals surface area (Å²) in [6, 6.07) is 18.9. The van der Waals surface area contributed by atoms with Crippen LogP contribution in [0.2, 0.25) is 0 Å². The minimum atomic E-state index is -3.59. The highest BCUT2D eigenvalue weighted by atomic mass is 32.2. The van der Waals surface area contributed by atoms with Crippen molar-refractivity contribution in [2.24, 2.45) is 0 Å². The second-order valence-corrected chi connectivity index (χ2v) is 10.3. The average molecular weight is 452 g/mol. The zero-order valence-corrected chi connectivity index (χ0v) is 19.4. The minimum Gasteiger partial charge on any atom is -0.376 e. The van der Waals surface area contributed by atoms with Crippen molar-refractivity contribution >= 4 is 38.1 Å². The molecule has 1 aliphatic heterocycles. The van der Waals surface area contributed by atoms with Crippen LogP contribution in [-0.4, -0.2) is 45.8 Å².